The largest absolute Gasteiger partial charge is 0.488 e. The zero-order chi connectivity index (χ0) is 60.2. The maximum Gasteiger partial charge on any atom is 0.120 e. The molecule has 0 N–H and O–H groups in total. The quantitative estimate of drug-likeness (QED) is 0.0884. The standard InChI is InChI=1S/C17H26O.C17H28O.C16H24O.C16H26O.4C2H6/c1-5-16(2,3)14-8-10-15(11-9-14)18-17(4)12-6-7-13-17;1-7-16(4,5)14-10-12-15(13-11-14)18-17(6,8-2)9-3;1-4-13(2)14-7-9-15(10-8-14)17-16(3)11-5-6-12-16;1-6-13(4)14-9-11-15(12-10-14)17-16(5,7-2)8-3;4*1-2/h8-11H,5-7,12-13H2,1-4H3;10-13H,7-9H2,1-6H3;7-10,13H,4-6,11-12H2,1-3H3;9-13H,6-8H2,1-5H3;4*1-2H3. The zero-order valence-corrected chi connectivity index (χ0v) is 56.3. The van der Waals surface area contributed by atoms with Gasteiger partial charge in [-0.1, -0.05) is 201 Å². The summed E-state index contributed by atoms with van der Waals surface area (Å²) in [5.74, 6) is 5.30. The van der Waals surface area contributed by atoms with Gasteiger partial charge in [0, 0.05) is 0 Å². The van der Waals surface area contributed by atoms with E-state index in [4.69, 9.17) is 18.9 Å². The van der Waals surface area contributed by atoms with Crippen LogP contribution in [-0.4, -0.2) is 22.4 Å². The van der Waals surface area contributed by atoms with E-state index in [0.717, 1.165) is 61.5 Å². The van der Waals surface area contributed by atoms with Crippen molar-refractivity contribution < 1.29 is 18.9 Å². The Labute approximate surface area is 486 Å². The minimum atomic E-state index is -0.0399. The second-order valence-corrected chi connectivity index (χ2v) is 23.3. The van der Waals surface area contributed by atoms with Gasteiger partial charge in [0.25, 0.3) is 0 Å². The first-order chi connectivity index (χ1) is 37.0. The molecule has 0 amide bonds. The maximum absolute atomic E-state index is 6.16. The van der Waals surface area contributed by atoms with Crippen molar-refractivity contribution in [3.63, 3.8) is 0 Å². The third-order valence-corrected chi connectivity index (χ3v) is 16.9. The first kappa shape index (κ1) is 76.1. The van der Waals surface area contributed by atoms with E-state index in [1.54, 1.807) is 0 Å². The summed E-state index contributed by atoms with van der Waals surface area (Å²) in [6.07, 6.45) is 18.8. The summed E-state index contributed by atoms with van der Waals surface area (Å²) in [5, 5.41) is 0. The topological polar surface area (TPSA) is 36.9 Å². The average Bonchev–Trinajstić information content (AvgIpc) is 4.12. The SMILES string of the molecule is CC.CC.CC.CC.CCC(C)(C)c1ccc(OC2(C)CCCC2)cc1.CCC(C)(CC)Oc1ccc(C(C)(C)CC)cc1.CCC(C)c1ccc(OC(C)(CC)CC)cc1.CCC(C)c1ccc(OC2(C)CCCC2)cc1. The van der Waals surface area contributed by atoms with Crippen LogP contribution in [0.25, 0.3) is 0 Å². The fraction of sp³-hybridized carbons (Fsp3) is 0.676. The van der Waals surface area contributed by atoms with E-state index < -0.39 is 0 Å². The highest BCUT2D eigenvalue weighted by Crippen LogP contribution is 2.37. The van der Waals surface area contributed by atoms with E-state index in [0.29, 0.717) is 11.8 Å². The minimum absolute atomic E-state index is 0.0299. The zero-order valence-electron chi connectivity index (χ0n) is 56.3. The molecule has 2 aliphatic rings. The third-order valence-electron chi connectivity index (χ3n) is 16.9. The van der Waals surface area contributed by atoms with Crippen LogP contribution in [0.1, 0.15) is 317 Å². The summed E-state index contributed by atoms with van der Waals surface area (Å²) in [5.41, 5.74) is 6.18. The van der Waals surface area contributed by atoms with Crippen LogP contribution in [0.15, 0.2) is 97.1 Å². The molecule has 0 spiro atoms. The van der Waals surface area contributed by atoms with Gasteiger partial charge in [-0.25, -0.2) is 0 Å². The highest BCUT2D eigenvalue weighted by molar-refractivity contribution is 5.34. The van der Waals surface area contributed by atoms with Crippen molar-refractivity contribution in [3.8, 4) is 23.0 Å². The number of hydrogen-bond acceptors (Lipinski definition) is 4. The molecular weight excluding hydrogens is 953 g/mol. The second kappa shape index (κ2) is 39.5. The normalized spacial score (nSPS) is 14.9. The summed E-state index contributed by atoms with van der Waals surface area (Å²) in [6, 6.07) is 34.6. The molecule has 2 aliphatic carbocycles. The Morgan fingerprint density at radius 3 is 0.821 bits per heavy atom. The minimum Gasteiger partial charge on any atom is -0.488 e. The number of rotatable bonds is 20. The van der Waals surface area contributed by atoms with E-state index in [2.05, 4.69) is 222 Å². The first-order valence-electron chi connectivity index (χ1n) is 32.2. The maximum atomic E-state index is 6.16. The molecular formula is C74H128O4. The Kier molecular flexibility index (Phi) is 38.5. The first-order valence-corrected chi connectivity index (χ1v) is 32.2. The van der Waals surface area contributed by atoms with Crippen LogP contribution in [-0.2, 0) is 10.8 Å². The van der Waals surface area contributed by atoms with Crippen molar-refractivity contribution in [3.05, 3.63) is 119 Å². The van der Waals surface area contributed by atoms with E-state index in [1.165, 1.54) is 86.5 Å². The van der Waals surface area contributed by atoms with Crippen molar-refractivity contribution in [2.24, 2.45) is 0 Å². The average molecular weight is 1080 g/mol. The molecule has 2 atom stereocenters. The molecule has 4 aromatic rings. The van der Waals surface area contributed by atoms with Gasteiger partial charge in [-0.15, -0.1) is 0 Å². The van der Waals surface area contributed by atoms with Crippen LogP contribution >= 0.6 is 0 Å². The fourth-order valence-electron chi connectivity index (χ4n) is 8.93. The van der Waals surface area contributed by atoms with Gasteiger partial charge >= 0.3 is 0 Å². The van der Waals surface area contributed by atoms with Crippen molar-refractivity contribution in [1.82, 2.24) is 0 Å². The molecule has 0 radical (unpaired) electrons. The van der Waals surface area contributed by atoms with Gasteiger partial charge in [0.1, 0.15) is 45.4 Å². The molecule has 0 heterocycles. The van der Waals surface area contributed by atoms with Gasteiger partial charge in [-0.3, -0.25) is 0 Å². The van der Waals surface area contributed by atoms with Crippen molar-refractivity contribution >= 4 is 0 Å². The van der Waals surface area contributed by atoms with Gasteiger partial charge in [-0.2, -0.15) is 0 Å². The van der Waals surface area contributed by atoms with Gasteiger partial charge in [-0.05, 0) is 224 Å². The highest BCUT2D eigenvalue weighted by Gasteiger charge is 2.32. The van der Waals surface area contributed by atoms with Crippen molar-refractivity contribution in [1.29, 1.82) is 0 Å². The molecule has 6 rings (SSSR count). The summed E-state index contributed by atoms with van der Waals surface area (Å²) in [7, 11) is 0. The number of ether oxygens (including phenoxy) is 4. The molecule has 0 aliphatic heterocycles. The van der Waals surface area contributed by atoms with E-state index in [-0.39, 0.29) is 33.2 Å². The Hall–Kier alpha value is -3.92. The lowest BCUT2D eigenvalue weighted by molar-refractivity contribution is 0.0799. The number of hydrogen-bond donors (Lipinski definition) is 0. The lowest BCUT2D eigenvalue weighted by Crippen LogP contribution is -2.30. The van der Waals surface area contributed by atoms with Crippen LogP contribution in [0.5, 0.6) is 23.0 Å². The molecule has 0 aromatic heterocycles. The lowest BCUT2D eigenvalue weighted by atomic mass is 9.82. The monoisotopic (exact) mass is 1080 g/mol. The van der Waals surface area contributed by atoms with Gasteiger partial charge in [0.2, 0.25) is 0 Å². The van der Waals surface area contributed by atoms with Gasteiger partial charge < -0.3 is 18.9 Å². The second-order valence-electron chi connectivity index (χ2n) is 23.3. The Bertz CT molecular complexity index is 1890. The Morgan fingerprint density at radius 1 is 0.359 bits per heavy atom. The molecule has 2 saturated carbocycles. The third kappa shape index (κ3) is 27.0. The van der Waals surface area contributed by atoms with E-state index in [9.17, 15) is 0 Å². The summed E-state index contributed by atoms with van der Waals surface area (Å²) in [4.78, 5) is 0. The smallest absolute Gasteiger partial charge is 0.120 e. The molecule has 0 saturated heterocycles. The van der Waals surface area contributed by atoms with E-state index >= 15 is 0 Å². The molecule has 78 heavy (non-hydrogen) atoms. The molecule has 4 heteroatoms. The molecule has 2 unspecified atom stereocenters. The predicted octanol–water partition coefficient (Wildman–Crippen LogP) is 24.6. The lowest BCUT2D eigenvalue weighted by Gasteiger charge is -2.29. The molecule has 4 aromatic carbocycles. The summed E-state index contributed by atoms with van der Waals surface area (Å²) in [6.45, 7) is 56.2. The fourth-order valence-corrected chi connectivity index (χ4v) is 8.93. The Balaban J connectivity index is 0. The van der Waals surface area contributed by atoms with Crippen molar-refractivity contribution in [2.75, 3.05) is 0 Å². The highest BCUT2D eigenvalue weighted by atomic mass is 16.5. The summed E-state index contributed by atoms with van der Waals surface area (Å²) >= 11 is 0. The van der Waals surface area contributed by atoms with Crippen LogP contribution in [0.4, 0.5) is 0 Å². The van der Waals surface area contributed by atoms with Crippen LogP contribution < -0.4 is 18.9 Å². The van der Waals surface area contributed by atoms with Crippen molar-refractivity contribution in [2.45, 2.75) is 328 Å². The van der Waals surface area contributed by atoms with Crippen LogP contribution in [0, 0.1) is 0 Å². The molecule has 0 bridgehead atoms. The van der Waals surface area contributed by atoms with Crippen LogP contribution in [0.2, 0.25) is 0 Å². The number of benzene rings is 4. The van der Waals surface area contributed by atoms with Gasteiger partial charge in [0.05, 0.1) is 0 Å². The van der Waals surface area contributed by atoms with E-state index in [1.807, 2.05) is 55.4 Å². The predicted molar refractivity (Wildman–Crippen MR) is 349 cm³/mol. The molecule has 4 nitrogen and oxygen atoms in total. The Morgan fingerprint density at radius 2 is 0.590 bits per heavy atom. The molecule has 2 fully saturated rings. The molecule has 448 valence electrons. The van der Waals surface area contributed by atoms with Gasteiger partial charge in [0.15, 0.2) is 0 Å². The summed E-state index contributed by atoms with van der Waals surface area (Å²) < 4.78 is 24.5. The van der Waals surface area contributed by atoms with Crippen LogP contribution in [0.3, 0.4) is 0 Å².